The third kappa shape index (κ3) is 3.11. The van der Waals surface area contributed by atoms with E-state index in [0.717, 1.165) is 18.7 Å². The molecule has 0 unspecified atom stereocenters. The highest BCUT2D eigenvalue weighted by Gasteiger charge is 2.27. The first kappa shape index (κ1) is 13.0. The van der Waals surface area contributed by atoms with Crippen LogP contribution in [0.4, 0.5) is 0 Å². The van der Waals surface area contributed by atoms with Crippen LogP contribution in [0.3, 0.4) is 0 Å². The first-order valence-corrected chi connectivity index (χ1v) is 6.92. The lowest BCUT2D eigenvalue weighted by Crippen LogP contribution is -1.96. The summed E-state index contributed by atoms with van der Waals surface area (Å²) in [4.78, 5) is 8.53. The molecule has 3 rings (SSSR count). The van der Waals surface area contributed by atoms with Gasteiger partial charge in [0.15, 0.2) is 0 Å². The molecule has 2 aromatic rings. The second-order valence-electron chi connectivity index (χ2n) is 4.34. The first-order chi connectivity index (χ1) is 9.11. The van der Waals surface area contributed by atoms with Crippen LogP contribution in [-0.4, -0.2) is 9.97 Å². The van der Waals surface area contributed by atoms with Gasteiger partial charge in [0.2, 0.25) is 5.88 Å². The zero-order valence-corrected chi connectivity index (χ0v) is 12.0. The molecule has 3 nitrogen and oxygen atoms in total. The fourth-order valence-corrected chi connectivity index (χ4v) is 2.16. The summed E-state index contributed by atoms with van der Waals surface area (Å²) in [5.74, 6) is 1.95. The third-order valence-corrected chi connectivity index (χ3v) is 3.48. The fourth-order valence-electron chi connectivity index (χ4n) is 1.66. The summed E-state index contributed by atoms with van der Waals surface area (Å²) >= 11 is 17.9. The molecule has 0 radical (unpaired) electrons. The maximum absolute atomic E-state index is 6.04. The van der Waals surface area contributed by atoms with Crippen molar-refractivity contribution in [2.24, 2.45) is 0 Å². The summed E-state index contributed by atoms with van der Waals surface area (Å²) in [5.41, 5.74) is 0. The van der Waals surface area contributed by atoms with Crippen LogP contribution in [-0.2, 0) is 0 Å². The van der Waals surface area contributed by atoms with Crippen molar-refractivity contribution in [1.82, 2.24) is 9.97 Å². The molecule has 0 spiro atoms. The Morgan fingerprint density at radius 2 is 1.84 bits per heavy atom. The van der Waals surface area contributed by atoms with E-state index >= 15 is 0 Å². The molecule has 1 aromatic carbocycles. The monoisotopic (exact) mass is 314 g/mol. The number of halogens is 3. The maximum Gasteiger partial charge on any atom is 0.224 e. The van der Waals surface area contributed by atoms with Gasteiger partial charge in [0.05, 0.1) is 5.02 Å². The van der Waals surface area contributed by atoms with Crippen molar-refractivity contribution < 1.29 is 4.74 Å². The molecule has 1 aliphatic rings. The highest BCUT2D eigenvalue weighted by atomic mass is 35.5. The Bertz CT molecular complexity index is 629. The highest BCUT2D eigenvalue weighted by molar-refractivity contribution is 6.34. The molecule has 0 atom stereocenters. The average molecular weight is 316 g/mol. The Morgan fingerprint density at radius 3 is 2.58 bits per heavy atom. The van der Waals surface area contributed by atoms with Crippen molar-refractivity contribution in [2.45, 2.75) is 18.8 Å². The Balaban J connectivity index is 1.92. The summed E-state index contributed by atoms with van der Waals surface area (Å²) in [6, 6.07) is 6.56. The summed E-state index contributed by atoms with van der Waals surface area (Å²) in [7, 11) is 0. The smallest absolute Gasteiger partial charge is 0.224 e. The second kappa shape index (κ2) is 5.16. The topological polar surface area (TPSA) is 35.0 Å². The molecular formula is C13H9Cl3N2O. The van der Waals surface area contributed by atoms with E-state index in [9.17, 15) is 0 Å². The van der Waals surface area contributed by atoms with Gasteiger partial charge in [0, 0.05) is 23.1 Å². The molecule has 0 bridgehead atoms. The van der Waals surface area contributed by atoms with Crippen molar-refractivity contribution in [3.8, 4) is 11.6 Å². The molecule has 1 saturated carbocycles. The molecule has 98 valence electrons. The van der Waals surface area contributed by atoms with Gasteiger partial charge in [-0.3, -0.25) is 0 Å². The van der Waals surface area contributed by atoms with Crippen LogP contribution < -0.4 is 4.74 Å². The van der Waals surface area contributed by atoms with Crippen LogP contribution in [0.15, 0.2) is 24.3 Å². The van der Waals surface area contributed by atoms with Crippen molar-refractivity contribution in [3.63, 3.8) is 0 Å². The average Bonchev–Trinajstić information content (AvgIpc) is 3.17. The van der Waals surface area contributed by atoms with E-state index in [1.165, 1.54) is 0 Å². The zero-order chi connectivity index (χ0) is 13.4. The van der Waals surface area contributed by atoms with Crippen LogP contribution in [0.2, 0.25) is 15.2 Å². The van der Waals surface area contributed by atoms with Gasteiger partial charge in [-0.2, -0.15) is 4.98 Å². The van der Waals surface area contributed by atoms with Crippen molar-refractivity contribution in [1.29, 1.82) is 0 Å². The number of ether oxygens (including phenoxy) is 1. The number of benzene rings is 1. The minimum atomic E-state index is 0.366. The lowest BCUT2D eigenvalue weighted by molar-refractivity contribution is 0.459. The molecule has 1 heterocycles. The second-order valence-corrected chi connectivity index (χ2v) is 5.57. The molecule has 0 amide bonds. The van der Waals surface area contributed by atoms with Gasteiger partial charge in [0.25, 0.3) is 0 Å². The molecule has 1 fully saturated rings. The summed E-state index contributed by atoms with van der Waals surface area (Å²) in [6.45, 7) is 0. The lowest BCUT2D eigenvalue weighted by Gasteiger charge is -2.08. The van der Waals surface area contributed by atoms with Gasteiger partial charge in [-0.15, -0.1) is 0 Å². The van der Waals surface area contributed by atoms with E-state index in [1.54, 1.807) is 24.3 Å². The van der Waals surface area contributed by atoms with E-state index in [1.807, 2.05) is 0 Å². The number of nitrogens with zero attached hydrogens (tertiary/aromatic N) is 2. The number of hydrogen-bond donors (Lipinski definition) is 0. The Labute approximate surface area is 125 Å². The van der Waals surface area contributed by atoms with Crippen molar-refractivity contribution >= 4 is 34.8 Å². The normalized spacial score (nSPS) is 14.5. The third-order valence-electron chi connectivity index (χ3n) is 2.74. The SMILES string of the molecule is Clc1ccc(Cl)c(Oc2cc(Cl)nc(C3CC3)n2)c1. The Hall–Kier alpha value is -1.03. The molecule has 1 aromatic heterocycles. The highest BCUT2D eigenvalue weighted by Crippen LogP contribution is 2.39. The minimum absolute atomic E-state index is 0.366. The molecular weight excluding hydrogens is 307 g/mol. The van der Waals surface area contributed by atoms with E-state index < -0.39 is 0 Å². The van der Waals surface area contributed by atoms with Gasteiger partial charge in [-0.1, -0.05) is 34.8 Å². The predicted octanol–water partition coefficient (Wildman–Crippen LogP) is 5.11. The molecule has 6 heteroatoms. The quantitative estimate of drug-likeness (QED) is 0.739. The Morgan fingerprint density at radius 1 is 1.05 bits per heavy atom. The summed E-state index contributed by atoms with van der Waals surface area (Å²) < 4.78 is 5.64. The summed E-state index contributed by atoms with van der Waals surface area (Å²) in [6.07, 6.45) is 2.19. The fraction of sp³-hybridized carbons (Fsp3) is 0.231. The molecule has 0 N–H and O–H groups in total. The predicted molar refractivity (Wildman–Crippen MR) is 75.6 cm³/mol. The molecule has 19 heavy (non-hydrogen) atoms. The summed E-state index contributed by atoms with van der Waals surface area (Å²) in [5, 5.41) is 1.37. The van der Waals surface area contributed by atoms with Crippen LogP contribution in [0.1, 0.15) is 24.6 Å². The largest absolute Gasteiger partial charge is 0.437 e. The van der Waals surface area contributed by atoms with E-state index in [-0.39, 0.29) is 0 Å². The van der Waals surface area contributed by atoms with Gasteiger partial charge in [-0.05, 0) is 25.0 Å². The number of aromatic nitrogens is 2. The van der Waals surface area contributed by atoms with Crippen LogP contribution in [0, 0.1) is 0 Å². The van der Waals surface area contributed by atoms with Gasteiger partial charge in [0.1, 0.15) is 16.7 Å². The van der Waals surface area contributed by atoms with Crippen LogP contribution in [0.25, 0.3) is 0 Å². The maximum atomic E-state index is 6.04. The van der Waals surface area contributed by atoms with Gasteiger partial charge >= 0.3 is 0 Å². The molecule has 0 saturated heterocycles. The van der Waals surface area contributed by atoms with Crippen LogP contribution >= 0.6 is 34.8 Å². The first-order valence-electron chi connectivity index (χ1n) is 5.79. The van der Waals surface area contributed by atoms with Gasteiger partial charge < -0.3 is 4.74 Å². The van der Waals surface area contributed by atoms with Gasteiger partial charge in [-0.25, -0.2) is 4.98 Å². The van der Waals surface area contributed by atoms with E-state index in [0.29, 0.717) is 32.7 Å². The Kier molecular flexibility index (Phi) is 3.52. The number of rotatable bonds is 3. The lowest BCUT2D eigenvalue weighted by atomic mass is 10.3. The minimum Gasteiger partial charge on any atom is -0.437 e. The molecule has 1 aliphatic carbocycles. The standard InChI is InChI=1S/C13H9Cl3N2O/c14-8-3-4-9(15)10(5-8)19-12-6-11(16)17-13(18-12)7-1-2-7/h3-7H,1-2H2. The van der Waals surface area contributed by atoms with E-state index in [2.05, 4.69) is 9.97 Å². The zero-order valence-electron chi connectivity index (χ0n) is 9.74. The van der Waals surface area contributed by atoms with Crippen LogP contribution in [0.5, 0.6) is 11.6 Å². The van der Waals surface area contributed by atoms with Crippen molar-refractivity contribution in [3.05, 3.63) is 45.3 Å². The molecule has 0 aliphatic heterocycles. The number of hydrogen-bond acceptors (Lipinski definition) is 3. The van der Waals surface area contributed by atoms with Crippen molar-refractivity contribution in [2.75, 3.05) is 0 Å². The van der Waals surface area contributed by atoms with E-state index in [4.69, 9.17) is 39.5 Å².